The molecule has 22 heavy (non-hydrogen) atoms. The van der Waals surface area contributed by atoms with Crippen LogP contribution in [-0.2, 0) is 11.3 Å². The van der Waals surface area contributed by atoms with Crippen molar-refractivity contribution in [2.75, 3.05) is 19.6 Å². The molecule has 6 nitrogen and oxygen atoms in total. The molecule has 0 radical (unpaired) electrons. The van der Waals surface area contributed by atoms with E-state index in [1.165, 1.54) is 10.9 Å². The highest BCUT2D eigenvalue weighted by Gasteiger charge is 2.21. The van der Waals surface area contributed by atoms with E-state index in [0.717, 1.165) is 11.0 Å². The summed E-state index contributed by atoms with van der Waals surface area (Å²) in [6.07, 6.45) is 1.45. The molecule has 1 aliphatic rings. The van der Waals surface area contributed by atoms with Gasteiger partial charge in [-0.25, -0.2) is 4.98 Å². The number of carbonyl (C=O) groups is 1. The number of hydrogen-bond donors (Lipinski definition) is 1. The lowest BCUT2D eigenvalue weighted by Gasteiger charge is -2.32. The average Bonchev–Trinajstić information content (AvgIpc) is 2.50. The molecule has 1 aliphatic heterocycles. The summed E-state index contributed by atoms with van der Waals surface area (Å²) in [4.78, 5) is 30.9. The second-order valence-electron chi connectivity index (χ2n) is 5.53. The molecule has 7 heteroatoms. The summed E-state index contributed by atoms with van der Waals surface area (Å²) < 4.78 is 2.20. The fraction of sp³-hybridized carbons (Fsp3) is 0.400. The lowest BCUT2D eigenvalue weighted by molar-refractivity contribution is -0.133. The number of nitrogens with zero attached hydrogens (tertiary/aromatic N) is 3. The van der Waals surface area contributed by atoms with Crippen molar-refractivity contribution in [1.82, 2.24) is 19.8 Å². The van der Waals surface area contributed by atoms with E-state index in [9.17, 15) is 9.59 Å². The number of rotatable bonds is 2. The first-order valence-electron chi connectivity index (χ1n) is 7.20. The molecule has 1 aromatic heterocycles. The smallest absolute Gasteiger partial charge is 0.261 e. The van der Waals surface area contributed by atoms with Crippen LogP contribution in [0.1, 0.15) is 6.92 Å². The van der Waals surface area contributed by atoms with Crippen molar-refractivity contribution in [3.8, 4) is 0 Å². The van der Waals surface area contributed by atoms with Crippen molar-refractivity contribution in [1.29, 1.82) is 0 Å². The van der Waals surface area contributed by atoms with Gasteiger partial charge in [-0.1, -0.05) is 15.9 Å². The Morgan fingerprint density at radius 2 is 2.32 bits per heavy atom. The number of aromatic nitrogens is 2. The minimum Gasteiger partial charge on any atom is -0.338 e. The highest BCUT2D eigenvalue weighted by molar-refractivity contribution is 9.10. The Morgan fingerprint density at radius 3 is 3.09 bits per heavy atom. The summed E-state index contributed by atoms with van der Waals surface area (Å²) in [5.41, 5.74) is 0.440. The molecular formula is C15H17BrN4O2. The predicted molar refractivity (Wildman–Crippen MR) is 87.7 cm³/mol. The van der Waals surface area contributed by atoms with Crippen LogP contribution in [0, 0.1) is 0 Å². The second-order valence-corrected chi connectivity index (χ2v) is 6.45. The summed E-state index contributed by atoms with van der Waals surface area (Å²) in [6.45, 7) is 4.19. The van der Waals surface area contributed by atoms with E-state index < -0.39 is 0 Å². The Morgan fingerprint density at radius 1 is 1.50 bits per heavy atom. The first-order chi connectivity index (χ1) is 10.5. The zero-order chi connectivity index (χ0) is 15.7. The highest BCUT2D eigenvalue weighted by atomic mass is 79.9. The summed E-state index contributed by atoms with van der Waals surface area (Å²) in [7, 11) is 0. The zero-order valence-corrected chi connectivity index (χ0v) is 13.8. The van der Waals surface area contributed by atoms with E-state index in [4.69, 9.17) is 0 Å². The minimum atomic E-state index is -0.192. The van der Waals surface area contributed by atoms with Gasteiger partial charge in [0.1, 0.15) is 6.54 Å². The third-order valence-corrected chi connectivity index (χ3v) is 4.31. The van der Waals surface area contributed by atoms with Crippen LogP contribution in [0.2, 0.25) is 0 Å². The van der Waals surface area contributed by atoms with E-state index in [2.05, 4.69) is 26.2 Å². The number of hydrogen-bond acceptors (Lipinski definition) is 4. The number of piperazine rings is 1. The van der Waals surface area contributed by atoms with Crippen molar-refractivity contribution >= 4 is 32.7 Å². The monoisotopic (exact) mass is 364 g/mol. The maximum Gasteiger partial charge on any atom is 0.261 e. The van der Waals surface area contributed by atoms with Crippen LogP contribution >= 0.6 is 15.9 Å². The number of carbonyl (C=O) groups excluding carboxylic acids is 1. The molecule has 0 spiro atoms. The number of halogens is 1. The molecule has 0 saturated carbocycles. The number of benzene rings is 1. The summed E-state index contributed by atoms with van der Waals surface area (Å²) >= 11 is 3.35. The summed E-state index contributed by atoms with van der Waals surface area (Å²) in [5, 5.41) is 3.80. The van der Waals surface area contributed by atoms with Crippen molar-refractivity contribution in [2.45, 2.75) is 19.5 Å². The fourth-order valence-electron chi connectivity index (χ4n) is 2.65. The first-order valence-corrected chi connectivity index (χ1v) is 8.00. The molecule has 1 saturated heterocycles. The van der Waals surface area contributed by atoms with Gasteiger partial charge in [0.05, 0.1) is 17.2 Å². The van der Waals surface area contributed by atoms with Crippen LogP contribution in [0.25, 0.3) is 10.9 Å². The van der Waals surface area contributed by atoms with Gasteiger partial charge in [-0.3, -0.25) is 14.2 Å². The Labute approximate surface area is 136 Å². The minimum absolute atomic E-state index is 0.0288. The van der Waals surface area contributed by atoms with Gasteiger partial charge in [0, 0.05) is 30.1 Å². The van der Waals surface area contributed by atoms with E-state index in [1.807, 2.05) is 13.0 Å². The summed E-state index contributed by atoms with van der Waals surface area (Å²) in [5.74, 6) is -0.0494. The largest absolute Gasteiger partial charge is 0.338 e. The quantitative estimate of drug-likeness (QED) is 0.862. The van der Waals surface area contributed by atoms with Crippen LogP contribution in [0.5, 0.6) is 0 Å². The average molecular weight is 365 g/mol. The molecule has 3 rings (SSSR count). The SMILES string of the molecule is C[C@H]1CN(C(=O)Cn2cnc3ccc(Br)cc3c2=O)CCN1. The fourth-order valence-corrected chi connectivity index (χ4v) is 3.01. The van der Waals surface area contributed by atoms with Gasteiger partial charge in [-0.15, -0.1) is 0 Å². The molecule has 2 heterocycles. The van der Waals surface area contributed by atoms with Crippen LogP contribution in [0.15, 0.2) is 33.8 Å². The standard InChI is InChI=1S/C15H17BrN4O2/c1-10-7-19(5-4-17-10)14(21)8-20-9-18-13-3-2-11(16)6-12(13)15(20)22/h2-3,6,9-10,17H,4-5,7-8H2,1H3/t10-/m0/s1. The maximum absolute atomic E-state index is 12.5. The van der Waals surface area contributed by atoms with Crippen molar-refractivity contribution < 1.29 is 4.79 Å². The van der Waals surface area contributed by atoms with Gasteiger partial charge in [-0.05, 0) is 25.1 Å². The Bertz CT molecular complexity index is 774. The molecule has 1 N–H and O–H groups in total. The molecule has 1 aromatic carbocycles. The van der Waals surface area contributed by atoms with Gasteiger partial charge in [0.15, 0.2) is 0 Å². The zero-order valence-electron chi connectivity index (χ0n) is 12.3. The molecular weight excluding hydrogens is 348 g/mol. The maximum atomic E-state index is 12.5. The van der Waals surface area contributed by atoms with E-state index in [1.54, 1.807) is 17.0 Å². The summed E-state index contributed by atoms with van der Waals surface area (Å²) in [6, 6.07) is 5.63. The lowest BCUT2D eigenvalue weighted by Crippen LogP contribution is -2.52. The van der Waals surface area contributed by atoms with Crippen molar-refractivity contribution in [2.24, 2.45) is 0 Å². The third-order valence-electron chi connectivity index (χ3n) is 3.81. The van der Waals surface area contributed by atoms with Crippen LogP contribution < -0.4 is 10.9 Å². The van der Waals surface area contributed by atoms with Gasteiger partial charge in [0.2, 0.25) is 5.91 Å². The third kappa shape index (κ3) is 3.05. The Hall–Kier alpha value is -1.73. The van der Waals surface area contributed by atoms with Crippen molar-refractivity contribution in [3.63, 3.8) is 0 Å². The molecule has 1 atom stereocenters. The Balaban J connectivity index is 1.86. The van der Waals surface area contributed by atoms with E-state index >= 15 is 0 Å². The van der Waals surface area contributed by atoms with Crippen LogP contribution in [0.4, 0.5) is 0 Å². The number of nitrogens with one attached hydrogen (secondary N) is 1. The lowest BCUT2D eigenvalue weighted by atomic mass is 10.2. The van der Waals surface area contributed by atoms with Crippen LogP contribution in [-0.4, -0.2) is 46.0 Å². The van der Waals surface area contributed by atoms with Gasteiger partial charge in [0.25, 0.3) is 5.56 Å². The van der Waals surface area contributed by atoms with Gasteiger partial charge < -0.3 is 10.2 Å². The molecule has 1 amide bonds. The normalized spacial score (nSPS) is 18.6. The van der Waals surface area contributed by atoms with E-state index in [0.29, 0.717) is 24.0 Å². The van der Waals surface area contributed by atoms with Gasteiger partial charge in [-0.2, -0.15) is 0 Å². The molecule has 0 bridgehead atoms. The Kier molecular flexibility index (Phi) is 4.26. The number of amides is 1. The number of fused-ring (bicyclic) bond motifs is 1. The predicted octanol–water partition coefficient (Wildman–Crippen LogP) is 0.979. The molecule has 0 aliphatic carbocycles. The molecule has 2 aromatic rings. The molecule has 0 unspecified atom stereocenters. The van der Waals surface area contributed by atoms with Gasteiger partial charge >= 0.3 is 0 Å². The molecule has 116 valence electrons. The first kappa shape index (κ1) is 15.2. The second kappa shape index (κ2) is 6.18. The molecule has 1 fully saturated rings. The highest BCUT2D eigenvalue weighted by Crippen LogP contribution is 2.14. The van der Waals surface area contributed by atoms with Crippen LogP contribution in [0.3, 0.4) is 0 Å². The topological polar surface area (TPSA) is 67.2 Å². The van der Waals surface area contributed by atoms with Crippen molar-refractivity contribution in [3.05, 3.63) is 39.4 Å². The van der Waals surface area contributed by atoms with E-state index in [-0.39, 0.29) is 24.1 Å².